The zero-order chi connectivity index (χ0) is 17.4. The number of benzene rings is 1. The summed E-state index contributed by atoms with van der Waals surface area (Å²) < 4.78 is 33.8. The Morgan fingerprint density at radius 1 is 1.08 bits per heavy atom. The smallest absolute Gasteiger partial charge is 0.300 e. The third-order valence-electron chi connectivity index (χ3n) is 3.96. The zero-order valence-electron chi connectivity index (χ0n) is 13.8. The van der Waals surface area contributed by atoms with Crippen LogP contribution in [0, 0.1) is 0 Å². The van der Waals surface area contributed by atoms with Crippen LogP contribution in [0.1, 0.15) is 56.7 Å². The molecule has 8 heteroatoms. The van der Waals surface area contributed by atoms with Crippen LogP contribution in [0.4, 0.5) is 5.69 Å². The van der Waals surface area contributed by atoms with Crippen LogP contribution in [0.25, 0.3) is 0 Å². The van der Waals surface area contributed by atoms with E-state index in [9.17, 15) is 8.42 Å². The Morgan fingerprint density at radius 2 is 1.75 bits per heavy atom. The van der Waals surface area contributed by atoms with Gasteiger partial charge in [-0.15, -0.1) is 0 Å². The summed E-state index contributed by atoms with van der Waals surface area (Å²) in [4.78, 5) is 0. The highest BCUT2D eigenvalue weighted by Gasteiger charge is 2.28. The second-order valence-corrected chi connectivity index (χ2v) is 7.41. The van der Waals surface area contributed by atoms with Crippen molar-refractivity contribution in [2.75, 3.05) is 17.9 Å². The van der Waals surface area contributed by atoms with Gasteiger partial charge in [-0.05, 0) is 25.0 Å². The lowest BCUT2D eigenvalue weighted by molar-refractivity contribution is 0.281. The van der Waals surface area contributed by atoms with Crippen molar-refractivity contribution in [2.45, 2.75) is 51.1 Å². The van der Waals surface area contributed by atoms with Crippen molar-refractivity contribution in [3.63, 3.8) is 0 Å². The summed E-state index contributed by atoms with van der Waals surface area (Å²) in [6, 6.07) is 5.22. The van der Waals surface area contributed by atoms with Gasteiger partial charge in [0, 0.05) is 6.61 Å². The minimum Gasteiger partial charge on any atom is -0.493 e. The highest BCUT2D eigenvalue weighted by atomic mass is 32.2. The van der Waals surface area contributed by atoms with E-state index in [0.29, 0.717) is 23.6 Å². The highest BCUT2D eigenvalue weighted by Crippen LogP contribution is 2.34. The summed E-state index contributed by atoms with van der Waals surface area (Å²) in [5.74, 6) is 0.609. The molecule has 0 saturated heterocycles. The molecule has 0 fully saturated rings. The molecule has 0 saturated carbocycles. The van der Waals surface area contributed by atoms with Crippen LogP contribution < -0.4 is 19.9 Å². The quantitative estimate of drug-likeness (QED) is 0.478. The number of unbranched alkanes of at least 4 members (excludes halogenated alkanes) is 6. The Labute approximate surface area is 143 Å². The molecule has 0 radical (unpaired) electrons. The van der Waals surface area contributed by atoms with Gasteiger partial charge in [0.25, 0.3) is 0 Å². The van der Waals surface area contributed by atoms with Crippen LogP contribution in [-0.2, 0) is 10.2 Å². The average molecular weight is 357 g/mol. The molecule has 1 unspecified atom stereocenters. The number of nitrogens with two attached hydrogens (primary N) is 1. The van der Waals surface area contributed by atoms with Gasteiger partial charge in [0.1, 0.15) is 11.9 Å². The number of aliphatic hydroxyl groups excluding tert-OH is 1. The standard InChI is InChI=1S/C16H27N3O4S/c17-16-15-13(18-24(21,22)19-16)9-8-10-14(15)23-12-7-5-3-1-2-4-6-11-20/h8-10,16,18-20H,1-7,11-12,17H2. The first-order chi connectivity index (χ1) is 11.5. The van der Waals surface area contributed by atoms with E-state index in [1.807, 2.05) is 0 Å². The molecule has 1 atom stereocenters. The number of rotatable bonds is 10. The van der Waals surface area contributed by atoms with E-state index >= 15 is 0 Å². The lowest BCUT2D eigenvalue weighted by atomic mass is 10.1. The Balaban J connectivity index is 1.76. The maximum absolute atomic E-state index is 11.6. The van der Waals surface area contributed by atoms with Gasteiger partial charge in [-0.2, -0.15) is 13.1 Å². The van der Waals surface area contributed by atoms with Crippen molar-refractivity contribution in [2.24, 2.45) is 5.73 Å². The van der Waals surface area contributed by atoms with Crippen molar-refractivity contribution in [1.82, 2.24) is 4.72 Å². The van der Waals surface area contributed by atoms with Gasteiger partial charge in [0.05, 0.1) is 17.9 Å². The Bertz CT molecular complexity index is 622. The monoisotopic (exact) mass is 357 g/mol. The molecule has 0 aliphatic carbocycles. The largest absolute Gasteiger partial charge is 0.493 e. The summed E-state index contributed by atoms with van der Waals surface area (Å²) in [5, 5.41) is 8.71. The molecule has 1 aliphatic rings. The molecule has 2 rings (SSSR count). The van der Waals surface area contributed by atoms with Crippen molar-refractivity contribution in [1.29, 1.82) is 0 Å². The number of hydrogen-bond acceptors (Lipinski definition) is 5. The van der Waals surface area contributed by atoms with Gasteiger partial charge in [-0.1, -0.05) is 38.2 Å². The summed E-state index contributed by atoms with van der Waals surface area (Å²) in [7, 11) is -3.60. The van der Waals surface area contributed by atoms with E-state index in [2.05, 4.69) is 9.44 Å². The van der Waals surface area contributed by atoms with E-state index in [1.165, 1.54) is 6.42 Å². The van der Waals surface area contributed by atoms with Crippen molar-refractivity contribution < 1.29 is 18.3 Å². The maximum Gasteiger partial charge on any atom is 0.300 e. The molecule has 1 aliphatic heterocycles. The number of nitrogens with one attached hydrogen (secondary N) is 2. The molecule has 136 valence electrons. The zero-order valence-corrected chi connectivity index (χ0v) is 14.6. The van der Waals surface area contributed by atoms with Gasteiger partial charge in [0.15, 0.2) is 0 Å². The SMILES string of the molecule is NC1NS(=O)(=O)Nc2cccc(OCCCCCCCCCO)c21. The summed E-state index contributed by atoms with van der Waals surface area (Å²) in [5.41, 5.74) is 7.00. The predicted octanol–water partition coefficient (Wildman–Crippen LogP) is 2.01. The Hall–Kier alpha value is -1.35. The molecule has 7 nitrogen and oxygen atoms in total. The molecular weight excluding hydrogens is 330 g/mol. The fraction of sp³-hybridized carbons (Fsp3) is 0.625. The second kappa shape index (κ2) is 9.22. The van der Waals surface area contributed by atoms with Crippen molar-refractivity contribution in [3.8, 4) is 5.75 Å². The molecular formula is C16H27N3O4S. The topological polar surface area (TPSA) is 114 Å². The lowest BCUT2D eigenvalue weighted by Crippen LogP contribution is -2.42. The minimum absolute atomic E-state index is 0.280. The fourth-order valence-electron chi connectivity index (χ4n) is 2.76. The number of aliphatic hydroxyl groups is 1. The molecule has 24 heavy (non-hydrogen) atoms. The van der Waals surface area contributed by atoms with E-state index in [1.54, 1.807) is 18.2 Å². The normalized spacial score (nSPS) is 18.7. The summed E-state index contributed by atoms with van der Waals surface area (Å²) in [6.45, 7) is 0.856. The first kappa shape index (κ1) is 19.0. The molecule has 0 bridgehead atoms. The van der Waals surface area contributed by atoms with Crippen molar-refractivity contribution in [3.05, 3.63) is 23.8 Å². The van der Waals surface area contributed by atoms with E-state index in [-0.39, 0.29) is 6.61 Å². The molecule has 0 spiro atoms. The van der Waals surface area contributed by atoms with Crippen LogP contribution >= 0.6 is 0 Å². The fourth-order valence-corrected chi connectivity index (χ4v) is 3.74. The minimum atomic E-state index is -3.60. The Morgan fingerprint density at radius 3 is 2.46 bits per heavy atom. The van der Waals surface area contributed by atoms with Gasteiger partial charge in [-0.3, -0.25) is 4.72 Å². The van der Waals surface area contributed by atoms with Gasteiger partial charge >= 0.3 is 10.2 Å². The third kappa shape index (κ3) is 5.62. The van der Waals surface area contributed by atoms with Crippen molar-refractivity contribution >= 4 is 15.9 Å². The number of ether oxygens (including phenoxy) is 1. The average Bonchev–Trinajstić information content (AvgIpc) is 2.51. The highest BCUT2D eigenvalue weighted by molar-refractivity contribution is 7.90. The number of fused-ring (bicyclic) bond motifs is 1. The molecule has 1 aromatic carbocycles. The van der Waals surface area contributed by atoms with Gasteiger partial charge in [0.2, 0.25) is 0 Å². The van der Waals surface area contributed by atoms with Gasteiger partial charge < -0.3 is 15.6 Å². The first-order valence-electron chi connectivity index (χ1n) is 8.46. The first-order valence-corrected chi connectivity index (χ1v) is 9.94. The summed E-state index contributed by atoms with van der Waals surface area (Å²) >= 11 is 0. The van der Waals surface area contributed by atoms with Crippen LogP contribution in [-0.4, -0.2) is 26.7 Å². The molecule has 0 aromatic heterocycles. The number of hydrogen-bond donors (Lipinski definition) is 4. The maximum atomic E-state index is 11.6. The van der Waals surface area contributed by atoms with Crippen LogP contribution in [0.3, 0.4) is 0 Å². The molecule has 1 aromatic rings. The van der Waals surface area contributed by atoms with E-state index < -0.39 is 16.4 Å². The van der Waals surface area contributed by atoms with E-state index in [4.69, 9.17) is 15.6 Å². The lowest BCUT2D eigenvalue weighted by Gasteiger charge is -2.26. The van der Waals surface area contributed by atoms with Crippen LogP contribution in [0.2, 0.25) is 0 Å². The number of anilines is 1. The molecule has 1 heterocycles. The predicted molar refractivity (Wildman–Crippen MR) is 93.9 cm³/mol. The second-order valence-electron chi connectivity index (χ2n) is 5.97. The van der Waals surface area contributed by atoms with Crippen LogP contribution in [0.15, 0.2) is 18.2 Å². The van der Waals surface area contributed by atoms with E-state index in [0.717, 1.165) is 38.5 Å². The molecule has 5 N–H and O–H groups in total. The Kier molecular flexibility index (Phi) is 7.29. The summed E-state index contributed by atoms with van der Waals surface area (Å²) in [6.07, 6.45) is 6.69. The third-order valence-corrected chi connectivity index (χ3v) is 5.02. The molecule has 0 amide bonds. The van der Waals surface area contributed by atoms with Gasteiger partial charge in [-0.25, -0.2) is 0 Å². The van der Waals surface area contributed by atoms with Crippen LogP contribution in [0.5, 0.6) is 5.75 Å².